The van der Waals surface area contributed by atoms with Crippen LogP contribution >= 0.6 is 0 Å². The van der Waals surface area contributed by atoms with Crippen molar-refractivity contribution in [2.75, 3.05) is 19.6 Å². The van der Waals surface area contributed by atoms with E-state index in [2.05, 4.69) is 24.5 Å². The molecule has 0 radical (unpaired) electrons. The molecule has 0 aromatic carbocycles. The van der Waals surface area contributed by atoms with E-state index in [0.717, 1.165) is 23.8 Å². The average molecular weight is 224 g/mol. The van der Waals surface area contributed by atoms with Gasteiger partial charge in [-0.15, -0.1) is 0 Å². The molecule has 0 amide bonds. The van der Waals surface area contributed by atoms with E-state index in [9.17, 15) is 0 Å². The fourth-order valence-electron chi connectivity index (χ4n) is 3.37. The van der Waals surface area contributed by atoms with E-state index in [0.29, 0.717) is 0 Å². The Morgan fingerprint density at radius 3 is 2.50 bits per heavy atom. The molecule has 2 rings (SSSR count). The van der Waals surface area contributed by atoms with Crippen LogP contribution in [0.1, 0.15) is 46.0 Å². The lowest BCUT2D eigenvalue weighted by Crippen LogP contribution is -2.43. The van der Waals surface area contributed by atoms with Crippen molar-refractivity contribution in [1.82, 2.24) is 10.6 Å². The van der Waals surface area contributed by atoms with Crippen LogP contribution in [0.2, 0.25) is 0 Å². The van der Waals surface area contributed by atoms with E-state index < -0.39 is 0 Å². The predicted molar refractivity (Wildman–Crippen MR) is 69.6 cm³/mol. The van der Waals surface area contributed by atoms with E-state index in [1.807, 2.05) is 0 Å². The second-order valence-electron chi connectivity index (χ2n) is 6.10. The van der Waals surface area contributed by atoms with Crippen LogP contribution in [0.4, 0.5) is 0 Å². The molecule has 3 unspecified atom stereocenters. The van der Waals surface area contributed by atoms with Gasteiger partial charge in [0.15, 0.2) is 0 Å². The molecule has 2 heteroatoms. The third-order valence-electron chi connectivity index (χ3n) is 4.56. The smallest absolute Gasteiger partial charge is 0.00930 e. The van der Waals surface area contributed by atoms with Crippen molar-refractivity contribution < 1.29 is 0 Å². The SMILES string of the molecule is CC1CCC(NCC2CCNCC2)C(C)C1. The number of hydrogen-bond donors (Lipinski definition) is 2. The highest BCUT2D eigenvalue weighted by Crippen LogP contribution is 2.28. The molecule has 0 aromatic rings. The van der Waals surface area contributed by atoms with Crippen molar-refractivity contribution in [3.8, 4) is 0 Å². The van der Waals surface area contributed by atoms with Gasteiger partial charge in [0.1, 0.15) is 0 Å². The van der Waals surface area contributed by atoms with Gasteiger partial charge >= 0.3 is 0 Å². The minimum atomic E-state index is 0.797. The van der Waals surface area contributed by atoms with Gasteiger partial charge in [-0.2, -0.15) is 0 Å². The standard InChI is InChI=1S/C14H28N2/c1-11-3-4-14(12(2)9-11)16-10-13-5-7-15-8-6-13/h11-16H,3-10H2,1-2H3. The minimum Gasteiger partial charge on any atom is -0.317 e. The maximum absolute atomic E-state index is 3.83. The molecule has 0 spiro atoms. The van der Waals surface area contributed by atoms with Gasteiger partial charge in [-0.25, -0.2) is 0 Å². The molecular formula is C14H28N2. The van der Waals surface area contributed by atoms with Crippen LogP contribution in [0, 0.1) is 17.8 Å². The van der Waals surface area contributed by atoms with Crippen LogP contribution < -0.4 is 10.6 Å². The Bertz CT molecular complexity index is 199. The molecule has 2 nitrogen and oxygen atoms in total. The van der Waals surface area contributed by atoms with Crippen LogP contribution in [-0.4, -0.2) is 25.7 Å². The Kier molecular flexibility index (Phi) is 4.66. The van der Waals surface area contributed by atoms with E-state index in [1.54, 1.807) is 0 Å². The number of nitrogens with one attached hydrogen (secondary N) is 2. The van der Waals surface area contributed by atoms with Crippen LogP contribution in [0.5, 0.6) is 0 Å². The minimum absolute atomic E-state index is 0.797. The lowest BCUT2D eigenvalue weighted by molar-refractivity contribution is 0.214. The molecule has 1 heterocycles. The van der Waals surface area contributed by atoms with Gasteiger partial charge in [-0.3, -0.25) is 0 Å². The van der Waals surface area contributed by atoms with Crippen LogP contribution in [0.15, 0.2) is 0 Å². The lowest BCUT2D eigenvalue weighted by Gasteiger charge is -2.35. The first-order valence-corrected chi connectivity index (χ1v) is 7.20. The van der Waals surface area contributed by atoms with Gasteiger partial charge in [-0.1, -0.05) is 13.8 Å². The number of piperidine rings is 1. The fraction of sp³-hybridized carbons (Fsp3) is 1.00. The summed E-state index contributed by atoms with van der Waals surface area (Å²) >= 11 is 0. The highest BCUT2D eigenvalue weighted by Gasteiger charge is 2.25. The van der Waals surface area contributed by atoms with Crippen molar-refractivity contribution >= 4 is 0 Å². The van der Waals surface area contributed by atoms with Gasteiger partial charge in [0.2, 0.25) is 0 Å². The summed E-state index contributed by atoms with van der Waals surface area (Å²) in [6.07, 6.45) is 6.97. The molecule has 2 aliphatic rings. The summed E-state index contributed by atoms with van der Waals surface area (Å²) < 4.78 is 0. The molecule has 1 aliphatic carbocycles. The summed E-state index contributed by atoms with van der Waals surface area (Å²) in [5.41, 5.74) is 0. The Morgan fingerprint density at radius 1 is 1.06 bits per heavy atom. The first kappa shape index (κ1) is 12.4. The van der Waals surface area contributed by atoms with Crippen molar-refractivity contribution in [2.45, 2.75) is 52.0 Å². The second-order valence-corrected chi connectivity index (χ2v) is 6.10. The van der Waals surface area contributed by atoms with E-state index >= 15 is 0 Å². The fourth-order valence-corrected chi connectivity index (χ4v) is 3.37. The number of rotatable bonds is 3. The topological polar surface area (TPSA) is 24.1 Å². The molecule has 2 fully saturated rings. The Balaban J connectivity index is 1.68. The van der Waals surface area contributed by atoms with E-state index in [4.69, 9.17) is 0 Å². The Hall–Kier alpha value is -0.0800. The third-order valence-corrected chi connectivity index (χ3v) is 4.56. The van der Waals surface area contributed by atoms with Gasteiger partial charge in [-0.05, 0) is 69.5 Å². The lowest BCUT2D eigenvalue weighted by atomic mass is 9.79. The van der Waals surface area contributed by atoms with Crippen LogP contribution in [0.3, 0.4) is 0 Å². The zero-order chi connectivity index (χ0) is 11.4. The predicted octanol–water partition coefficient (Wildman–Crippen LogP) is 2.40. The molecule has 94 valence electrons. The summed E-state index contributed by atoms with van der Waals surface area (Å²) in [6.45, 7) is 8.54. The number of hydrogen-bond acceptors (Lipinski definition) is 2. The van der Waals surface area contributed by atoms with Crippen LogP contribution in [-0.2, 0) is 0 Å². The Morgan fingerprint density at radius 2 is 1.81 bits per heavy atom. The van der Waals surface area contributed by atoms with Gasteiger partial charge < -0.3 is 10.6 Å². The largest absolute Gasteiger partial charge is 0.317 e. The second kappa shape index (κ2) is 6.02. The molecule has 1 aliphatic heterocycles. The van der Waals surface area contributed by atoms with Crippen molar-refractivity contribution in [3.63, 3.8) is 0 Å². The molecule has 0 aromatic heterocycles. The van der Waals surface area contributed by atoms with Crippen molar-refractivity contribution in [3.05, 3.63) is 0 Å². The summed E-state index contributed by atoms with van der Waals surface area (Å²) in [6, 6.07) is 0.797. The molecule has 3 atom stereocenters. The van der Waals surface area contributed by atoms with Gasteiger partial charge in [0, 0.05) is 6.04 Å². The summed E-state index contributed by atoms with van der Waals surface area (Å²) in [5.74, 6) is 2.75. The van der Waals surface area contributed by atoms with Crippen molar-refractivity contribution in [1.29, 1.82) is 0 Å². The van der Waals surface area contributed by atoms with Crippen LogP contribution in [0.25, 0.3) is 0 Å². The van der Waals surface area contributed by atoms with Gasteiger partial charge in [0.05, 0.1) is 0 Å². The molecular weight excluding hydrogens is 196 g/mol. The first-order chi connectivity index (χ1) is 7.75. The maximum atomic E-state index is 3.83. The quantitative estimate of drug-likeness (QED) is 0.769. The zero-order valence-corrected chi connectivity index (χ0v) is 11.0. The Labute approximate surface area is 101 Å². The molecule has 1 saturated heterocycles. The molecule has 2 N–H and O–H groups in total. The zero-order valence-electron chi connectivity index (χ0n) is 11.0. The maximum Gasteiger partial charge on any atom is 0.00930 e. The third kappa shape index (κ3) is 3.46. The molecule has 1 saturated carbocycles. The first-order valence-electron chi connectivity index (χ1n) is 7.20. The van der Waals surface area contributed by atoms with Crippen molar-refractivity contribution in [2.24, 2.45) is 17.8 Å². The van der Waals surface area contributed by atoms with Gasteiger partial charge in [0.25, 0.3) is 0 Å². The molecule has 16 heavy (non-hydrogen) atoms. The highest BCUT2D eigenvalue weighted by atomic mass is 14.9. The molecule has 0 bridgehead atoms. The summed E-state index contributed by atoms with van der Waals surface area (Å²) in [5, 5.41) is 7.27. The van der Waals surface area contributed by atoms with E-state index in [-0.39, 0.29) is 0 Å². The summed E-state index contributed by atoms with van der Waals surface area (Å²) in [7, 11) is 0. The summed E-state index contributed by atoms with van der Waals surface area (Å²) in [4.78, 5) is 0. The average Bonchev–Trinajstić information content (AvgIpc) is 2.29. The highest BCUT2D eigenvalue weighted by molar-refractivity contribution is 4.82. The van der Waals surface area contributed by atoms with E-state index in [1.165, 1.54) is 51.7 Å². The monoisotopic (exact) mass is 224 g/mol. The normalized spacial score (nSPS) is 37.5.